The fourth-order valence-electron chi connectivity index (χ4n) is 2.51. The summed E-state index contributed by atoms with van der Waals surface area (Å²) in [5.41, 5.74) is 4.23. The van der Waals surface area contributed by atoms with Gasteiger partial charge in [0.25, 0.3) is 0 Å². The minimum Gasteiger partial charge on any atom is -0.304 e. The Kier molecular flexibility index (Phi) is 4.56. The Balaban J connectivity index is 2.13. The zero-order chi connectivity index (χ0) is 14.7. The summed E-state index contributed by atoms with van der Waals surface area (Å²) in [5, 5.41) is 3.53. The van der Waals surface area contributed by atoms with Crippen molar-refractivity contribution in [2.75, 3.05) is 0 Å². The zero-order valence-electron chi connectivity index (χ0n) is 12.6. The van der Waals surface area contributed by atoms with Crippen LogP contribution in [0.1, 0.15) is 48.2 Å². The third kappa shape index (κ3) is 3.26. The topological polar surface area (TPSA) is 12.0 Å². The lowest BCUT2D eigenvalue weighted by molar-refractivity contribution is 0.490. The Morgan fingerprint density at radius 3 is 2.25 bits per heavy atom. The molecule has 0 saturated heterocycles. The van der Waals surface area contributed by atoms with Crippen molar-refractivity contribution in [1.82, 2.24) is 5.32 Å². The van der Waals surface area contributed by atoms with Crippen LogP contribution >= 0.6 is 0 Å². The Bertz CT molecular complexity index is 592. The molecule has 0 fully saturated rings. The molecule has 0 aliphatic heterocycles. The van der Waals surface area contributed by atoms with Crippen LogP contribution in [0, 0.1) is 19.7 Å². The molecule has 2 atom stereocenters. The molecule has 0 aliphatic carbocycles. The molecule has 0 heterocycles. The van der Waals surface area contributed by atoms with Crippen LogP contribution < -0.4 is 5.32 Å². The normalized spacial score (nSPS) is 14.1. The first-order valence-corrected chi connectivity index (χ1v) is 7.06. The maximum absolute atomic E-state index is 13.6. The molecular weight excluding hydrogens is 249 g/mol. The van der Waals surface area contributed by atoms with Crippen LogP contribution in [0.2, 0.25) is 0 Å². The molecule has 0 bridgehead atoms. The van der Waals surface area contributed by atoms with Crippen molar-refractivity contribution in [2.45, 2.75) is 39.8 Å². The van der Waals surface area contributed by atoms with E-state index < -0.39 is 0 Å². The summed E-state index contributed by atoms with van der Waals surface area (Å²) in [6.45, 7) is 8.11. The number of hydrogen-bond donors (Lipinski definition) is 1. The van der Waals surface area contributed by atoms with E-state index in [-0.39, 0.29) is 17.9 Å². The molecule has 2 aromatic rings. The van der Waals surface area contributed by atoms with Crippen LogP contribution in [0.4, 0.5) is 4.39 Å². The predicted molar refractivity (Wildman–Crippen MR) is 82.3 cm³/mol. The highest BCUT2D eigenvalue weighted by Crippen LogP contribution is 2.22. The largest absolute Gasteiger partial charge is 0.304 e. The quantitative estimate of drug-likeness (QED) is 0.837. The summed E-state index contributed by atoms with van der Waals surface area (Å²) >= 11 is 0. The Morgan fingerprint density at radius 2 is 1.60 bits per heavy atom. The molecule has 0 radical (unpaired) electrons. The van der Waals surface area contributed by atoms with E-state index in [1.54, 1.807) is 13.0 Å². The van der Waals surface area contributed by atoms with Crippen molar-refractivity contribution in [2.24, 2.45) is 0 Å². The van der Waals surface area contributed by atoms with Crippen LogP contribution in [0.5, 0.6) is 0 Å². The van der Waals surface area contributed by atoms with E-state index in [2.05, 4.69) is 44.3 Å². The van der Waals surface area contributed by atoms with Crippen LogP contribution in [0.15, 0.2) is 42.5 Å². The molecule has 0 saturated carbocycles. The van der Waals surface area contributed by atoms with Gasteiger partial charge in [0.05, 0.1) is 0 Å². The third-order valence-corrected chi connectivity index (χ3v) is 3.85. The second kappa shape index (κ2) is 6.19. The SMILES string of the molecule is Cc1ccc(C(C)N[C@@H](C)c2ccccc2C)cc1F. The molecule has 1 unspecified atom stereocenters. The van der Waals surface area contributed by atoms with Gasteiger partial charge in [-0.3, -0.25) is 0 Å². The molecule has 1 nitrogen and oxygen atoms in total. The molecule has 2 aromatic carbocycles. The number of halogens is 1. The Hall–Kier alpha value is -1.67. The van der Waals surface area contributed by atoms with Crippen molar-refractivity contribution >= 4 is 0 Å². The van der Waals surface area contributed by atoms with Crippen LogP contribution in [-0.4, -0.2) is 0 Å². The van der Waals surface area contributed by atoms with Crippen LogP contribution in [0.3, 0.4) is 0 Å². The van der Waals surface area contributed by atoms with Crippen LogP contribution in [0.25, 0.3) is 0 Å². The number of benzene rings is 2. The molecule has 2 rings (SSSR count). The average molecular weight is 271 g/mol. The summed E-state index contributed by atoms with van der Waals surface area (Å²) < 4.78 is 13.6. The summed E-state index contributed by atoms with van der Waals surface area (Å²) in [6.07, 6.45) is 0. The number of rotatable bonds is 4. The van der Waals surface area contributed by atoms with E-state index in [0.717, 1.165) is 5.56 Å². The fraction of sp³-hybridized carbons (Fsp3) is 0.333. The van der Waals surface area contributed by atoms with E-state index in [1.165, 1.54) is 11.1 Å². The minimum absolute atomic E-state index is 0.111. The lowest BCUT2D eigenvalue weighted by Crippen LogP contribution is -2.23. The standard InChI is InChI=1S/C18H22FN/c1-12-7-5-6-8-17(12)15(4)20-14(3)16-10-9-13(2)18(19)11-16/h5-11,14-15,20H,1-4H3/t14?,15-/m0/s1. The van der Waals surface area contributed by atoms with Gasteiger partial charge in [-0.15, -0.1) is 0 Å². The van der Waals surface area contributed by atoms with E-state index in [1.807, 2.05) is 18.2 Å². The van der Waals surface area contributed by atoms with E-state index in [0.29, 0.717) is 5.56 Å². The highest BCUT2D eigenvalue weighted by molar-refractivity contribution is 5.29. The van der Waals surface area contributed by atoms with Gasteiger partial charge in [-0.05, 0) is 56.0 Å². The van der Waals surface area contributed by atoms with Gasteiger partial charge in [0.1, 0.15) is 5.82 Å². The van der Waals surface area contributed by atoms with Gasteiger partial charge >= 0.3 is 0 Å². The second-order valence-electron chi connectivity index (χ2n) is 5.48. The lowest BCUT2D eigenvalue weighted by atomic mass is 10.00. The number of aryl methyl sites for hydroxylation is 2. The first-order chi connectivity index (χ1) is 9.49. The Morgan fingerprint density at radius 1 is 0.900 bits per heavy atom. The molecule has 106 valence electrons. The zero-order valence-corrected chi connectivity index (χ0v) is 12.6. The van der Waals surface area contributed by atoms with Gasteiger partial charge in [0, 0.05) is 12.1 Å². The highest BCUT2D eigenvalue weighted by Gasteiger charge is 2.13. The summed E-state index contributed by atoms with van der Waals surface area (Å²) in [5.74, 6) is -0.139. The molecule has 0 amide bonds. The molecule has 20 heavy (non-hydrogen) atoms. The molecule has 0 aliphatic rings. The predicted octanol–water partition coefficient (Wildman–Crippen LogP) is 4.85. The third-order valence-electron chi connectivity index (χ3n) is 3.85. The smallest absolute Gasteiger partial charge is 0.126 e. The summed E-state index contributed by atoms with van der Waals surface area (Å²) in [7, 11) is 0. The summed E-state index contributed by atoms with van der Waals surface area (Å²) in [6, 6.07) is 14.1. The van der Waals surface area contributed by atoms with E-state index in [4.69, 9.17) is 0 Å². The average Bonchev–Trinajstić information content (AvgIpc) is 2.42. The van der Waals surface area contributed by atoms with Gasteiger partial charge < -0.3 is 5.32 Å². The highest BCUT2D eigenvalue weighted by atomic mass is 19.1. The van der Waals surface area contributed by atoms with Gasteiger partial charge in [-0.25, -0.2) is 4.39 Å². The van der Waals surface area contributed by atoms with Gasteiger partial charge in [0.2, 0.25) is 0 Å². The van der Waals surface area contributed by atoms with E-state index in [9.17, 15) is 4.39 Å². The molecular formula is C18H22FN. The maximum atomic E-state index is 13.6. The fourth-order valence-corrected chi connectivity index (χ4v) is 2.51. The number of hydrogen-bond acceptors (Lipinski definition) is 1. The van der Waals surface area contributed by atoms with Crippen LogP contribution in [-0.2, 0) is 0 Å². The second-order valence-corrected chi connectivity index (χ2v) is 5.48. The first kappa shape index (κ1) is 14.7. The van der Waals surface area contributed by atoms with Crippen molar-refractivity contribution in [1.29, 1.82) is 0 Å². The van der Waals surface area contributed by atoms with Crippen molar-refractivity contribution < 1.29 is 4.39 Å². The number of nitrogens with one attached hydrogen (secondary N) is 1. The molecule has 1 N–H and O–H groups in total. The molecule has 0 spiro atoms. The molecule has 2 heteroatoms. The van der Waals surface area contributed by atoms with Crippen molar-refractivity contribution in [3.05, 3.63) is 70.5 Å². The summed E-state index contributed by atoms with van der Waals surface area (Å²) in [4.78, 5) is 0. The van der Waals surface area contributed by atoms with E-state index >= 15 is 0 Å². The maximum Gasteiger partial charge on any atom is 0.126 e. The minimum atomic E-state index is -0.139. The van der Waals surface area contributed by atoms with Crippen molar-refractivity contribution in [3.63, 3.8) is 0 Å². The Labute approximate surface area is 120 Å². The van der Waals surface area contributed by atoms with Gasteiger partial charge in [0.15, 0.2) is 0 Å². The van der Waals surface area contributed by atoms with Gasteiger partial charge in [-0.2, -0.15) is 0 Å². The first-order valence-electron chi connectivity index (χ1n) is 7.06. The van der Waals surface area contributed by atoms with Gasteiger partial charge in [-0.1, -0.05) is 36.4 Å². The molecule has 0 aromatic heterocycles. The monoisotopic (exact) mass is 271 g/mol. The van der Waals surface area contributed by atoms with Crippen molar-refractivity contribution in [3.8, 4) is 0 Å². The lowest BCUT2D eigenvalue weighted by Gasteiger charge is -2.22.